The molecule has 1 aromatic carbocycles. The van der Waals surface area contributed by atoms with Crippen LogP contribution in [-0.4, -0.2) is 26.1 Å². The van der Waals surface area contributed by atoms with Gasteiger partial charge in [0, 0.05) is 10.6 Å². The molecule has 0 aromatic heterocycles. The molecular weight excluding hydrogens is 234 g/mol. The molecule has 0 aliphatic heterocycles. The van der Waals surface area contributed by atoms with Gasteiger partial charge in [0.25, 0.3) is 0 Å². The second-order valence-electron chi connectivity index (χ2n) is 2.46. The standard InChI is InChI=1S/C8H6ClNO.H6OSi2/c9-7-4-2-1-3-6(7)8(11)5-10;2-1-3/h1-4,8,11H;2-3H3. The Morgan fingerprint density at radius 3 is 2.36 bits per heavy atom. The molecule has 0 bridgehead atoms. The van der Waals surface area contributed by atoms with Crippen molar-refractivity contribution in [3.8, 4) is 6.07 Å². The third-order valence-corrected chi connectivity index (χ3v) is 1.67. The third kappa shape index (κ3) is 4.55. The van der Waals surface area contributed by atoms with Crippen molar-refractivity contribution in [2.45, 2.75) is 6.10 Å². The monoisotopic (exact) mass is 245 g/mol. The zero-order valence-corrected chi connectivity index (χ0v) is 12.8. The van der Waals surface area contributed by atoms with Crippen LogP contribution in [0.1, 0.15) is 11.7 Å². The predicted molar refractivity (Wildman–Crippen MR) is 63.0 cm³/mol. The van der Waals surface area contributed by atoms with Crippen LogP contribution in [-0.2, 0) is 4.12 Å². The van der Waals surface area contributed by atoms with Crippen LogP contribution in [0, 0.1) is 11.3 Å². The van der Waals surface area contributed by atoms with Crippen LogP contribution in [0.4, 0.5) is 0 Å². The molecule has 1 aromatic rings. The summed E-state index contributed by atoms with van der Waals surface area (Å²) in [6, 6.07) is 8.42. The molecule has 0 saturated heterocycles. The molecule has 1 N–H and O–H groups in total. The Labute approximate surface area is 94.4 Å². The Morgan fingerprint density at radius 2 is 1.93 bits per heavy atom. The number of aliphatic hydroxyl groups is 1. The first-order chi connectivity index (χ1) is 6.67. The van der Waals surface area contributed by atoms with Gasteiger partial charge in [0.05, 0.1) is 6.07 Å². The van der Waals surface area contributed by atoms with Crippen molar-refractivity contribution in [3.05, 3.63) is 34.9 Å². The summed E-state index contributed by atoms with van der Waals surface area (Å²) in [6.45, 7) is 0. The molecule has 0 spiro atoms. The molecule has 3 nitrogen and oxygen atoms in total. The van der Waals surface area contributed by atoms with Crippen LogP contribution in [0.2, 0.25) is 5.02 Å². The van der Waals surface area contributed by atoms with E-state index in [9.17, 15) is 0 Å². The Morgan fingerprint density at radius 1 is 1.43 bits per heavy atom. The van der Waals surface area contributed by atoms with Crippen molar-refractivity contribution in [1.82, 2.24) is 0 Å². The van der Waals surface area contributed by atoms with E-state index in [2.05, 4.69) is 4.12 Å². The summed E-state index contributed by atoms with van der Waals surface area (Å²) < 4.78 is 4.53. The van der Waals surface area contributed by atoms with Crippen LogP contribution in [0.3, 0.4) is 0 Å². The average Bonchev–Trinajstić information content (AvgIpc) is 2.19. The number of nitrogens with zero attached hydrogens (tertiary/aromatic N) is 1. The highest BCUT2D eigenvalue weighted by Gasteiger charge is 2.07. The summed E-state index contributed by atoms with van der Waals surface area (Å²) in [4.78, 5) is 0. The molecular formula is C8H12ClNO2Si2. The van der Waals surface area contributed by atoms with E-state index >= 15 is 0 Å². The van der Waals surface area contributed by atoms with Crippen molar-refractivity contribution >= 4 is 32.6 Å². The fourth-order valence-electron chi connectivity index (χ4n) is 0.766. The molecule has 14 heavy (non-hydrogen) atoms. The molecule has 0 fully saturated rings. The van der Waals surface area contributed by atoms with Gasteiger partial charge in [-0.15, -0.1) is 0 Å². The second kappa shape index (κ2) is 7.73. The number of aliphatic hydroxyl groups excluding tert-OH is 1. The number of hydrogen-bond acceptors (Lipinski definition) is 3. The lowest BCUT2D eigenvalue weighted by Crippen LogP contribution is -1.93. The minimum Gasteiger partial charge on any atom is -0.471 e. The minimum absolute atomic E-state index is 0.418. The lowest BCUT2D eigenvalue weighted by atomic mass is 10.1. The lowest BCUT2D eigenvalue weighted by molar-refractivity contribution is 0.236. The number of nitriles is 1. The van der Waals surface area contributed by atoms with Gasteiger partial charge in [-0.25, -0.2) is 0 Å². The van der Waals surface area contributed by atoms with Crippen LogP contribution in [0.25, 0.3) is 0 Å². The fourth-order valence-corrected chi connectivity index (χ4v) is 1.01. The highest BCUT2D eigenvalue weighted by Crippen LogP contribution is 2.21. The van der Waals surface area contributed by atoms with Crippen molar-refractivity contribution < 1.29 is 9.22 Å². The molecule has 0 saturated carbocycles. The smallest absolute Gasteiger partial charge is 0.167 e. The van der Waals surface area contributed by atoms with Gasteiger partial charge in [-0.05, 0) is 6.07 Å². The van der Waals surface area contributed by atoms with E-state index in [1.54, 1.807) is 30.3 Å². The highest BCUT2D eigenvalue weighted by atomic mass is 35.5. The Kier molecular flexibility index (Phi) is 7.37. The molecule has 1 atom stereocenters. The number of halogens is 1. The van der Waals surface area contributed by atoms with Crippen LogP contribution < -0.4 is 0 Å². The first-order valence-electron chi connectivity index (χ1n) is 3.89. The summed E-state index contributed by atoms with van der Waals surface area (Å²) in [5.74, 6) is 0. The maximum absolute atomic E-state index is 9.06. The zero-order valence-electron chi connectivity index (χ0n) is 8.07. The van der Waals surface area contributed by atoms with Gasteiger partial charge in [-0.2, -0.15) is 5.26 Å². The van der Waals surface area contributed by atoms with Crippen molar-refractivity contribution in [2.24, 2.45) is 0 Å². The Bertz CT molecular complexity index is 316. The zero-order chi connectivity index (χ0) is 11.0. The van der Waals surface area contributed by atoms with E-state index in [-0.39, 0.29) is 0 Å². The van der Waals surface area contributed by atoms with Crippen LogP contribution >= 0.6 is 11.6 Å². The van der Waals surface area contributed by atoms with E-state index in [4.69, 9.17) is 22.0 Å². The molecule has 0 aliphatic carbocycles. The molecule has 6 heteroatoms. The van der Waals surface area contributed by atoms with Crippen LogP contribution in [0.15, 0.2) is 24.3 Å². The number of benzene rings is 1. The largest absolute Gasteiger partial charge is 0.471 e. The van der Waals surface area contributed by atoms with E-state index < -0.39 is 6.10 Å². The molecule has 0 radical (unpaired) electrons. The van der Waals surface area contributed by atoms with E-state index in [1.807, 2.05) is 0 Å². The Hall–Kier alpha value is -0.646. The van der Waals surface area contributed by atoms with Crippen molar-refractivity contribution in [3.63, 3.8) is 0 Å². The van der Waals surface area contributed by atoms with E-state index in [1.165, 1.54) is 0 Å². The lowest BCUT2D eigenvalue weighted by Gasteiger charge is -2.02. The van der Waals surface area contributed by atoms with Crippen molar-refractivity contribution in [1.29, 1.82) is 5.26 Å². The topological polar surface area (TPSA) is 53.2 Å². The molecule has 0 heterocycles. The van der Waals surface area contributed by atoms with Gasteiger partial charge in [0.1, 0.15) is 21.0 Å². The van der Waals surface area contributed by atoms with E-state index in [0.29, 0.717) is 10.6 Å². The van der Waals surface area contributed by atoms with Gasteiger partial charge in [0.2, 0.25) is 0 Å². The molecule has 1 unspecified atom stereocenters. The van der Waals surface area contributed by atoms with Gasteiger partial charge < -0.3 is 9.22 Å². The first kappa shape index (κ1) is 13.4. The molecule has 0 amide bonds. The highest BCUT2D eigenvalue weighted by molar-refractivity contribution is 6.31. The molecule has 0 aliphatic rings. The van der Waals surface area contributed by atoms with Crippen molar-refractivity contribution in [2.75, 3.05) is 0 Å². The van der Waals surface area contributed by atoms with Gasteiger partial charge in [-0.3, -0.25) is 0 Å². The van der Waals surface area contributed by atoms with E-state index in [0.717, 1.165) is 21.0 Å². The summed E-state index contributed by atoms with van der Waals surface area (Å²) >= 11 is 5.69. The normalized spacial score (nSPS) is 11.2. The molecule has 76 valence electrons. The Balaban J connectivity index is 0.000000500. The number of rotatable bonds is 1. The van der Waals surface area contributed by atoms with Gasteiger partial charge in [-0.1, -0.05) is 29.8 Å². The summed E-state index contributed by atoms with van der Waals surface area (Å²) in [6.07, 6.45) is -1.12. The number of hydrogen-bond donors (Lipinski definition) is 1. The first-order valence-corrected chi connectivity index (χ1v) is 5.90. The average molecular weight is 246 g/mol. The minimum atomic E-state index is -1.12. The molecule has 1 rings (SSSR count). The predicted octanol–water partition coefficient (Wildman–Crippen LogP) is -0.539. The van der Waals surface area contributed by atoms with Gasteiger partial charge >= 0.3 is 0 Å². The second-order valence-corrected chi connectivity index (χ2v) is 6.13. The third-order valence-electron chi connectivity index (χ3n) is 1.32. The SMILES string of the molecule is N#CC(O)c1ccccc1Cl.[SiH3]O[SiH3]. The summed E-state index contributed by atoms with van der Waals surface area (Å²) in [5, 5.41) is 17.8. The summed E-state index contributed by atoms with van der Waals surface area (Å²) in [7, 11) is 1.86. The maximum atomic E-state index is 9.06. The quantitative estimate of drug-likeness (QED) is 0.534. The fraction of sp³-hybridized carbons (Fsp3) is 0.125. The summed E-state index contributed by atoms with van der Waals surface area (Å²) in [5.41, 5.74) is 0.455. The van der Waals surface area contributed by atoms with Gasteiger partial charge in [0.15, 0.2) is 6.10 Å². The maximum Gasteiger partial charge on any atom is 0.167 e. The van der Waals surface area contributed by atoms with Crippen LogP contribution in [0.5, 0.6) is 0 Å².